The van der Waals surface area contributed by atoms with Crippen LogP contribution in [0, 0.1) is 5.82 Å². The Labute approximate surface area is 138 Å². The number of carbonyl (C=O) groups is 2. The SMILES string of the molecule is C[C@H](Nc1cccc(OCC(N)=O)c1)C(=O)Nc1cccc(F)c1. The van der Waals surface area contributed by atoms with Crippen molar-refractivity contribution in [2.24, 2.45) is 5.73 Å². The highest BCUT2D eigenvalue weighted by Crippen LogP contribution is 2.18. The Bertz CT molecular complexity index is 737. The van der Waals surface area contributed by atoms with Crippen molar-refractivity contribution < 1.29 is 18.7 Å². The van der Waals surface area contributed by atoms with Gasteiger partial charge in [-0.2, -0.15) is 0 Å². The molecule has 0 radical (unpaired) electrons. The van der Waals surface area contributed by atoms with Gasteiger partial charge in [0.15, 0.2) is 6.61 Å². The number of benzene rings is 2. The molecule has 1 atom stereocenters. The van der Waals surface area contributed by atoms with E-state index in [1.165, 1.54) is 18.2 Å². The molecule has 2 aromatic carbocycles. The predicted octanol–water partition coefficient (Wildman–Crippen LogP) is 2.13. The van der Waals surface area contributed by atoms with E-state index in [0.717, 1.165) is 0 Å². The van der Waals surface area contributed by atoms with Gasteiger partial charge in [-0.3, -0.25) is 9.59 Å². The molecular formula is C17H18FN3O3. The van der Waals surface area contributed by atoms with Crippen LogP contribution in [0.3, 0.4) is 0 Å². The molecule has 0 heterocycles. The first kappa shape index (κ1) is 17.3. The van der Waals surface area contributed by atoms with Gasteiger partial charge in [0.25, 0.3) is 5.91 Å². The van der Waals surface area contributed by atoms with Gasteiger partial charge < -0.3 is 21.1 Å². The smallest absolute Gasteiger partial charge is 0.255 e. The highest BCUT2D eigenvalue weighted by Gasteiger charge is 2.13. The van der Waals surface area contributed by atoms with E-state index in [1.807, 2.05) is 0 Å². The number of amides is 2. The normalized spacial score (nSPS) is 11.4. The van der Waals surface area contributed by atoms with E-state index in [4.69, 9.17) is 10.5 Å². The summed E-state index contributed by atoms with van der Waals surface area (Å²) in [5.74, 6) is -0.857. The Morgan fingerprint density at radius 2 is 1.88 bits per heavy atom. The molecule has 4 N–H and O–H groups in total. The molecule has 2 rings (SSSR count). The Kier molecular flexibility index (Phi) is 5.73. The van der Waals surface area contributed by atoms with Crippen LogP contribution in [-0.4, -0.2) is 24.5 Å². The maximum atomic E-state index is 13.1. The third-order valence-corrected chi connectivity index (χ3v) is 3.08. The molecule has 0 saturated heterocycles. The van der Waals surface area contributed by atoms with Gasteiger partial charge in [0, 0.05) is 17.4 Å². The molecule has 0 spiro atoms. The molecule has 0 saturated carbocycles. The van der Waals surface area contributed by atoms with Crippen LogP contribution in [0.4, 0.5) is 15.8 Å². The second-order valence-corrected chi connectivity index (χ2v) is 5.15. The Morgan fingerprint density at radius 3 is 2.58 bits per heavy atom. The summed E-state index contributed by atoms with van der Waals surface area (Å²) in [6, 6.07) is 11.9. The summed E-state index contributed by atoms with van der Waals surface area (Å²) in [7, 11) is 0. The number of rotatable bonds is 7. The van der Waals surface area contributed by atoms with Crippen molar-refractivity contribution in [2.45, 2.75) is 13.0 Å². The topological polar surface area (TPSA) is 93.4 Å². The summed E-state index contributed by atoms with van der Waals surface area (Å²) in [6.45, 7) is 1.45. The van der Waals surface area contributed by atoms with E-state index in [1.54, 1.807) is 37.3 Å². The average Bonchev–Trinajstić information content (AvgIpc) is 2.53. The number of ether oxygens (including phenoxy) is 1. The zero-order chi connectivity index (χ0) is 17.5. The summed E-state index contributed by atoms with van der Waals surface area (Å²) in [4.78, 5) is 22.9. The molecule has 0 aliphatic rings. The first-order valence-corrected chi connectivity index (χ1v) is 7.28. The number of primary amides is 1. The Hall–Kier alpha value is -3.09. The number of nitrogens with one attached hydrogen (secondary N) is 2. The highest BCUT2D eigenvalue weighted by molar-refractivity contribution is 5.96. The Balaban J connectivity index is 1.95. The summed E-state index contributed by atoms with van der Waals surface area (Å²) in [5, 5.41) is 5.63. The zero-order valence-corrected chi connectivity index (χ0v) is 13.1. The lowest BCUT2D eigenvalue weighted by Crippen LogP contribution is -2.31. The minimum atomic E-state index is -0.573. The van der Waals surface area contributed by atoms with Crippen molar-refractivity contribution in [3.8, 4) is 5.75 Å². The number of nitrogens with two attached hydrogens (primary N) is 1. The molecule has 0 bridgehead atoms. The van der Waals surface area contributed by atoms with E-state index >= 15 is 0 Å². The quantitative estimate of drug-likeness (QED) is 0.724. The van der Waals surface area contributed by atoms with Crippen LogP contribution in [0.15, 0.2) is 48.5 Å². The maximum absolute atomic E-state index is 13.1. The van der Waals surface area contributed by atoms with Gasteiger partial charge in [-0.25, -0.2) is 4.39 Å². The van der Waals surface area contributed by atoms with Crippen LogP contribution in [0.5, 0.6) is 5.75 Å². The first-order chi connectivity index (χ1) is 11.4. The molecular weight excluding hydrogens is 313 g/mol. The van der Waals surface area contributed by atoms with Crippen LogP contribution in [0.1, 0.15) is 6.92 Å². The van der Waals surface area contributed by atoms with Gasteiger partial charge >= 0.3 is 0 Å². The Morgan fingerprint density at radius 1 is 1.17 bits per heavy atom. The molecule has 6 nitrogen and oxygen atoms in total. The highest BCUT2D eigenvalue weighted by atomic mass is 19.1. The van der Waals surface area contributed by atoms with Crippen molar-refractivity contribution in [1.82, 2.24) is 0 Å². The summed E-state index contributed by atoms with van der Waals surface area (Å²) < 4.78 is 18.3. The van der Waals surface area contributed by atoms with Crippen molar-refractivity contribution in [2.75, 3.05) is 17.2 Å². The molecule has 2 aromatic rings. The first-order valence-electron chi connectivity index (χ1n) is 7.28. The molecule has 0 fully saturated rings. The minimum Gasteiger partial charge on any atom is -0.484 e. The van der Waals surface area contributed by atoms with Crippen LogP contribution in [0.25, 0.3) is 0 Å². The molecule has 2 amide bonds. The number of hydrogen-bond donors (Lipinski definition) is 3. The summed E-state index contributed by atoms with van der Waals surface area (Å²) in [5.41, 5.74) is 6.04. The van der Waals surface area contributed by atoms with E-state index in [-0.39, 0.29) is 12.5 Å². The minimum absolute atomic E-state index is 0.223. The molecule has 7 heteroatoms. The van der Waals surface area contributed by atoms with Gasteiger partial charge in [-0.15, -0.1) is 0 Å². The maximum Gasteiger partial charge on any atom is 0.255 e. The van der Waals surface area contributed by atoms with E-state index in [9.17, 15) is 14.0 Å². The molecule has 24 heavy (non-hydrogen) atoms. The second-order valence-electron chi connectivity index (χ2n) is 5.15. The van der Waals surface area contributed by atoms with Crippen LogP contribution >= 0.6 is 0 Å². The lowest BCUT2D eigenvalue weighted by molar-refractivity contribution is -0.120. The predicted molar refractivity (Wildman–Crippen MR) is 89.2 cm³/mol. The van der Waals surface area contributed by atoms with Crippen LogP contribution < -0.4 is 21.1 Å². The van der Waals surface area contributed by atoms with E-state index < -0.39 is 17.8 Å². The van der Waals surface area contributed by atoms with Gasteiger partial charge in [-0.05, 0) is 37.3 Å². The number of halogens is 1. The summed E-state index contributed by atoms with van der Waals surface area (Å²) >= 11 is 0. The molecule has 0 aliphatic heterocycles. The monoisotopic (exact) mass is 331 g/mol. The van der Waals surface area contributed by atoms with Crippen molar-refractivity contribution in [3.63, 3.8) is 0 Å². The third kappa shape index (κ3) is 5.28. The van der Waals surface area contributed by atoms with Gasteiger partial charge in [-0.1, -0.05) is 12.1 Å². The molecule has 0 aliphatic carbocycles. The fraction of sp³-hybridized carbons (Fsp3) is 0.176. The van der Waals surface area contributed by atoms with Gasteiger partial charge in [0.2, 0.25) is 5.91 Å². The fourth-order valence-electron chi connectivity index (χ4n) is 1.96. The molecule has 0 unspecified atom stereocenters. The van der Waals surface area contributed by atoms with Crippen molar-refractivity contribution >= 4 is 23.2 Å². The largest absolute Gasteiger partial charge is 0.484 e. The standard InChI is InChI=1S/C17H18FN3O3/c1-11(17(23)21-13-5-2-4-12(18)8-13)20-14-6-3-7-15(9-14)24-10-16(19)22/h2-9,11,20H,10H2,1H3,(H2,19,22)(H,21,23)/t11-/m0/s1. The van der Waals surface area contributed by atoms with Gasteiger partial charge in [0.1, 0.15) is 17.6 Å². The fourth-order valence-corrected chi connectivity index (χ4v) is 1.96. The lowest BCUT2D eigenvalue weighted by atomic mass is 10.2. The molecule has 0 aromatic heterocycles. The van der Waals surface area contributed by atoms with Crippen molar-refractivity contribution in [3.05, 3.63) is 54.3 Å². The number of carbonyl (C=O) groups excluding carboxylic acids is 2. The lowest BCUT2D eigenvalue weighted by Gasteiger charge is -2.16. The number of hydrogen-bond acceptors (Lipinski definition) is 4. The third-order valence-electron chi connectivity index (χ3n) is 3.08. The van der Waals surface area contributed by atoms with Crippen molar-refractivity contribution in [1.29, 1.82) is 0 Å². The van der Waals surface area contributed by atoms with Crippen LogP contribution in [-0.2, 0) is 9.59 Å². The van der Waals surface area contributed by atoms with Crippen LogP contribution in [0.2, 0.25) is 0 Å². The van der Waals surface area contributed by atoms with E-state index in [0.29, 0.717) is 17.1 Å². The zero-order valence-electron chi connectivity index (χ0n) is 13.1. The second kappa shape index (κ2) is 7.96. The number of anilines is 2. The molecule has 126 valence electrons. The van der Waals surface area contributed by atoms with E-state index in [2.05, 4.69) is 10.6 Å². The average molecular weight is 331 g/mol. The summed E-state index contributed by atoms with van der Waals surface area (Å²) in [6.07, 6.45) is 0. The van der Waals surface area contributed by atoms with Gasteiger partial charge in [0.05, 0.1) is 0 Å².